The number of rotatable bonds is 1. The summed E-state index contributed by atoms with van der Waals surface area (Å²) in [6.07, 6.45) is 1.71. The van der Waals surface area contributed by atoms with E-state index in [1.54, 1.807) is 12.3 Å². The molecule has 1 N–H and O–H groups in total. The molecule has 1 aliphatic rings. The molecule has 108 valence electrons. The minimum atomic E-state index is -0.183. The third-order valence-electron chi connectivity index (χ3n) is 4.00. The highest BCUT2D eigenvalue weighted by atomic mass is 35.5. The number of piperazine rings is 1. The lowest BCUT2D eigenvalue weighted by Crippen LogP contribution is -2.55. The molecular weight excluding hydrogens is 286 g/mol. The summed E-state index contributed by atoms with van der Waals surface area (Å²) in [4.78, 5) is 22.4. The summed E-state index contributed by atoms with van der Waals surface area (Å²) >= 11 is 6.51. The number of nitrogens with one attached hydrogen (secondary N) is 1. The quantitative estimate of drug-likeness (QED) is 0.812. The molecule has 0 amide bonds. The predicted octanol–water partition coefficient (Wildman–Crippen LogP) is 1.56. The Morgan fingerprint density at radius 3 is 2.67 bits per heavy atom. The number of halogens is 1. The first-order valence-corrected chi connectivity index (χ1v) is 7.30. The van der Waals surface area contributed by atoms with Gasteiger partial charge in [0.05, 0.1) is 16.9 Å². The topological polar surface area (TPSA) is 52.2 Å². The molecule has 0 saturated carbocycles. The van der Waals surface area contributed by atoms with Gasteiger partial charge in [0.1, 0.15) is 5.65 Å². The molecule has 0 aliphatic carbocycles. The van der Waals surface area contributed by atoms with E-state index >= 15 is 0 Å². The zero-order valence-electron chi connectivity index (χ0n) is 12.0. The summed E-state index contributed by atoms with van der Waals surface area (Å²) in [5, 5.41) is 1.37. The summed E-state index contributed by atoms with van der Waals surface area (Å²) in [6.45, 7) is 5.75. The van der Waals surface area contributed by atoms with Crippen LogP contribution in [-0.2, 0) is 0 Å². The van der Waals surface area contributed by atoms with Crippen molar-refractivity contribution in [1.29, 1.82) is 0 Å². The number of aromatic amines is 1. The molecule has 0 bridgehead atoms. The van der Waals surface area contributed by atoms with E-state index in [4.69, 9.17) is 19.6 Å². The van der Waals surface area contributed by atoms with E-state index in [1.165, 1.54) is 6.07 Å². The second-order valence-corrected chi connectivity index (χ2v) is 5.97. The van der Waals surface area contributed by atoms with Crippen LogP contribution >= 0.6 is 11.6 Å². The van der Waals surface area contributed by atoms with E-state index in [0.29, 0.717) is 10.7 Å². The summed E-state index contributed by atoms with van der Waals surface area (Å²) in [6, 6.07) is 3.63. The minimum absolute atomic E-state index is 0.183. The van der Waals surface area contributed by atoms with E-state index in [2.05, 4.69) is 28.7 Å². The van der Waals surface area contributed by atoms with Gasteiger partial charge in [-0.25, -0.2) is 4.98 Å². The van der Waals surface area contributed by atoms with Crippen LogP contribution in [0.2, 0.25) is 5.02 Å². The maximum absolute atomic E-state index is 11.3. The molecule has 3 rings (SSSR count). The molecule has 21 heavy (non-hydrogen) atoms. The second-order valence-electron chi connectivity index (χ2n) is 5.59. The van der Waals surface area contributed by atoms with Crippen molar-refractivity contribution in [2.75, 3.05) is 18.0 Å². The van der Waals surface area contributed by atoms with Gasteiger partial charge < -0.3 is 14.7 Å². The van der Waals surface area contributed by atoms with Gasteiger partial charge in [-0.1, -0.05) is 11.6 Å². The number of H-pyrrole nitrogens is 1. The zero-order chi connectivity index (χ0) is 15.1. The van der Waals surface area contributed by atoms with Crippen LogP contribution in [0.3, 0.4) is 0 Å². The first-order valence-electron chi connectivity index (χ1n) is 6.93. The lowest BCUT2D eigenvalue weighted by Gasteiger charge is -2.44. The molecule has 1 fully saturated rings. The molecule has 2 aromatic rings. The minimum Gasteiger partial charge on any atom is -0.366 e. The smallest absolute Gasteiger partial charge is 0.249 e. The lowest BCUT2D eigenvalue weighted by atomic mass is 10.0. The SMILES string of the molecule is [B]N1C(C)CN(c2cnc3[nH]c(=O)ccc3c2Cl)CC1C. The van der Waals surface area contributed by atoms with Crippen molar-refractivity contribution in [3.05, 3.63) is 33.7 Å². The average molecular weight is 303 g/mol. The van der Waals surface area contributed by atoms with E-state index in [-0.39, 0.29) is 17.6 Å². The monoisotopic (exact) mass is 302 g/mol. The predicted molar refractivity (Wildman–Crippen MR) is 86.1 cm³/mol. The molecule has 0 spiro atoms. The highest BCUT2D eigenvalue weighted by Gasteiger charge is 2.27. The van der Waals surface area contributed by atoms with Crippen LogP contribution in [0.15, 0.2) is 23.1 Å². The Morgan fingerprint density at radius 1 is 1.33 bits per heavy atom. The van der Waals surface area contributed by atoms with Crippen LogP contribution in [0.5, 0.6) is 0 Å². The number of hydrogen-bond acceptors (Lipinski definition) is 4. The van der Waals surface area contributed by atoms with Crippen LogP contribution < -0.4 is 10.5 Å². The Balaban J connectivity index is 2.03. The van der Waals surface area contributed by atoms with E-state index < -0.39 is 0 Å². The van der Waals surface area contributed by atoms with E-state index in [0.717, 1.165) is 24.2 Å². The Morgan fingerprint density at radius 2 is 2.00 bits per heavy atom. The van der Waals surface area contributed by atoms with Gasteiger partial charge in [-0.2, -0.15) is 0 Å². The van der Waals surface area contributed by atoms with Crippen LogP contribution in [-0.4, -0.2) is 47.9 Å². The van der Waals surface area contributed by atoms with Gasteiger partial charge in [-0.3, -0.25) is 4.79 Å². The summed E-state index contributed by atoms with van der Waals surface area (Å²) in [5.74, 6) is 0. The third kappa shape index (κ3) is 2.54. The van der Waals surface area contributed by atoms with Gasteiger partial charge in [0.15, 0.2) is 7.98 Å². The standard InChI is InChI=1S/C14H16BClN4O/c1-8-6-19(7-9(2)20(8)15)11-5-17-14-10(13(11)16)3-4-12(21)18-14/h3-5,8-9H,6-7H2,1-2H3,(H,17,18,21). The lowest BCUT2D eigenvalue weighted by molar-refractivity contribution is 0.251. The fraction of sp³-hybridized carbons (Fsp3) is 0.429. The first kappa shape index (κ1) is 14.4. The molecule has 2 unspecified atom stereocenters. The Hall–Kier alpha value is -1.53. The van der Waals surface area contributed by atoms with Crippen molar-refractivity contribution in [1.82, 2.24) is 14.8 Å². The summed E-state index contributed by atoms with van der Waals surface area (Å²) in [7, 11) is 6.03. The molecule has 1 aliphatic heterocycles. The van der Waals surface area contributed by atoms with Crippen molar-refractivity contribution in [3.8, 4) is 0 Å². The molecule has 0 aromatic carbocycles. The average Bonchev–Trinajstić information content (AvgIpc) is 2.44. The van der Waals surface area contributed by atoms with Gasteiger partial charge in [-0.15, -0.1) is 0 Å². The summed E-state index contributed by atoms with van der Waals surface area (Å²) < 4.78 is 0. The largest absolute Gasteiger partial charge is 0.366 e. The molecule has 1 saturated heterocycles. The fourth-order valence-corrected chi connectivity index (χ4v) is 3.14. The van der Waals surface area contributed by atoms with Gasteiger partial charge in [-0.05, 0) is 19.9 Å². The van der Waals surface area contributed by atoms with E-state index in [9.17, 15) is 4.79 Å². The zero-order valence-corrected chi connectivity index (χ0v) is 12.8. The maximum atomic E-state index is 11.3. The number of pyridine rings is 2. The Kier molecular flexibility index (Phi) is 3.67. The van der Waals surface area contributed by atoms with Crippen molar-refractivity contribution in [3.63, 3.8) is 0 Å². The number of anilines is 1. The van der Waals surface area contributed by atoms with Crippen LogP contribution in [0.25, 0.3) is 11.0 Å². The van der Waals surface area contributed by atoms with Crippen molar-refractivity contribution >= 4 is 36.3 Å². The highest BCUT2D eigenvalue weighted by molar-refractivity contribution is 6.37. The number of nitrogens with zero attached hydrogens (tertiary/aromatic N) is 3. The maximum Gasteiger partial charge on any atom is 0.249 e. The number of hydrogen-bond donors (Lipinski definition) is 1. The van der Waals surface area contributed by atoms with Crippen molar-refractivity contribution in [2.45, 2.75) is 25.9 Å². The van der Waals surface area contributed by atoms with Gasteiger partial charge in [0, 0.05) is 36.6 Å². The van der Waals surface area contributed by atoms with Gasteiger partial charge >= 0.3 is 0 Å². The van der Waals surface area contributed by atoms with Crippen LogP contribution in [0, 0.1) is 0 Å². The Labute approximate surface area is 129 Å². The highest BCUT2D eigenvalue weighted by Crippen LogP contribution is 2.32. The first-order chi connectivity index (χ1) is 9.97. The van der Waals surface area contributed by atoms with Crippen molar-refractivity contribution in [2.24, 2.45) is 0 Å². The van der Waals surface area contributed by atoms with Crippen molar-refractivity contribution < 1.29 is 0 Å². The van der Waals surface area contributed by atoms with Gasteiger partial charge in [0.25, 0.3) is 0 Å². The molecule has 2 atom stereocenters. The number of aromatic nitrogens is 2. The Bertz CT molecular complexity index is 722. The second kappa shape index (κ2) is 5.35. The normalized spacial score (nSPS) is 23.7. The van der Waals surface area contributed by atoms with Crippen LogP contribution in [0.1, 0.15) is 13.8 Å². The number of fused-ring (bicyclic) bond motifs is 1. The third-order valence-corrected chi connectivity index (χ3v) is 4.40. The van der Waals surface area contributed by atoms with E-state index in [1.807, 2.05) is 4.81 Å². The molecule has 3 heterocycles. The molecule has 2 radical (unpaired) electrons. The molecule has 2 aromatic heterocycles. The molecule has 5 nitrogen and oxygen atoms in total. The molecular formula is C14H16BClN4O. The van der Waals surface area contributed by atoms with Crippen LogP contribution in [0.4, 0.5) is 5.69 Å². The summed E-state index contributed by atoms with van der Waals surface area (Å²) in [5.41, 5.74) is 1.20. The molecule has 7 heteroatoms. The van der Waals surface area contributed by atoms with Gasteiger partial charge in [0.2, 0.25) is 5.56 Å². The fourth-order valence-electron chi connectivity index (χ4n) is 2.82.